The molecule has 1 aromatic rings. The smallest absolute Gasteiger partial charge is 0.194 e. The van der Waals surface area contributed by atoms with Crippen molar-refractivity contribution in [1.29, 1.82) is 0 Å². The Morgan fingerprint density at radius 2 is 2.08 bits per heavy atom. The second-order valence-corrected chi connectivity index (χ2v) is 6.29. The molecule has 1 saturated heterocycles. The number of hydrogen-bond acceptors (Lipinski definition) is 4. The van der Waals surface area contributed by atoms with Crippen molar-refractivity contribution >= 4 is 29.9 Å². The molecule has 1 heterocycles. The van der Waals surface area contributed by atoms with Crippen LogP contribution in [0.15, 0.2) is 23.2 Å². The van der Waals surface area contributed by atoms with Crippen molar-refractivity contribution in [1.82, 2.24) is 15.1 Å². The van der Waals surface area contributed by atoms with Gasteiger partial charge < -0.3 is 20.1 Å². The molecule has 1 aliphatic rings. The van der Waals surface area contributed by atoms with E-state index < -0.39 is 0 Å². The Balaban J connectivity index is 0.00000338. The number of guanidine groups is 1. The number of nitrogens with one attached hydrogen (secondary N) is 1. The standard InChI is InChI=1S/C19H32N4O2.HI/c1-5-20-19(23-11-10-16(14-23)22(6-2)7-3)21-13-15-8-9-18(25-4)17(24)12-15;/h8-9,12,16,24H,5-7,10-11,13-14H2,1-4H3,(H,20,21);1H. The summed E-state index contributed by atoms with van der Waals surface area (Å²) < 4.78 is 5.09. The van der Waals surface area contributed by atoms with Gasteiger partial charge in [0.2, 0.25) is 0 Å². The molecular weight excluding hydrogens is 443 g/mol. The number of likely N-dealkylation sites (N-methyl/N-ethyl adjacent to an activating group) is 1. The lowest BCUT2D eigenvalue weighted by atomic mass is 10.2. The van der Waals surface area contributed by atoms with E-state index in [1.165, 1.54) is 6.42 Å². The van der Waals surface area contributed by atoms with E-state index in [1.54, 1.807) is 19.2 Å². The van der Waals surface area contributed by atoms with Crippen LogP contribution >= 0.6 is 24.0 Å². The van der Waals surface area contributed by atoms with Crippen LogP contribution in [0.1, 0.15) is 32.8 Å². The highest BCUT2D eigenvalue weighted by Crippen LogP contribution is 2.26. The SMILES string of the molecule is CCNC(=NCc1ccc(OC)c(O)c1)N1CCC(N(CC)CC)C1.I. The van der Waals surface area contributed by atoms with Crippen molar-refractivity contribution in [3.63, 3.8) is 0 Å². The number of rotatable bonds is 7. The molecular formula is C19H33IN4O2. The number of hydrogen-bond donors (Lipinski definition) is 2. The van der Waals surface area contributed by atoms with E-state index in [0.717, 1.165) is 44.2 Å². The Bertz CT molecular complexity index is 579. The Morgan fingerprint density at radius 1 is 1.35 bits per heavy atom. The van der Waals surface area contributed by atoms with Gasteiger partial charge in [-0.05, 0) is 44.1 Å². The van der Waals surface area contributed by atoms with Crippen LogP contribution in [0.4, 0.5) is 0 Å². The van der Waals surface area contributed by atoms with Crippen LogP contribution in [0.25, 0.3) is 0 Å². The Labute approximate surface area is 174 Å². The number of benzene rings is 1. The zero-order chi connectivity index (χ0) is 18.2. The fourth-order valence-electron chi connectivity index (χ4n) is 3.40. The molecule has 6 nitrogen and oxygen atoms in total. The van der Waals surface area contributed by atoms with Crippen molar-refractivity contribution in [3.05, 3.63) is 23.8 Å². The zero-order valence-corrected chi connectivity index (χ0v) is 18.7. The summed E-state index contributed by atoms with van der Waals surface area (Å²) in [7, 11) is 1.55. The van der Waals surface area contributed by atoms with E-state index in [-0.39, 0.29) is 29.7 Å². The molecule has 0 bridgehead atoms. The average molecular weight is 476 g/mol. The van der Waals surface area contributed by atoms with Gasteiger partial charge in [-0.15, -0.1) is 24.0 Å². The lowest BCUT2D eigenvalue weighted by Gasteiger charge is -2.27. The van der Waals surface area contributed by atoms with Crippen LogP contribution in [-0.4, -0.2) is 66.7 Å². The number of aromatic hydroxyl groups is 1. The number of ether oxygens (including phenoxy) is 1. The normalized spacial score (nSPS) is 17.3. The zero-order valence-electron chi connectivity index (χ0n) is 16.4. The van der Waals surface area contributed by atoms with Gasteiger partial charge in [-0.25, -0.2) is 4.99 Å². The number of likely N-dealkylation sites (tertiary alicyclic amines) is 1. The van der Waals surface area contributed by atoms with Gasteiger partial charge in [0.1, 0.15) is 0 Å². The first kappa shape index (κ1) is 22.8. The van der Waals surface area contributed by atoms with Gasteiger partial charge in [0.05, 0.1) is 13.7 Å². The third-order valence-corrected chi connectivity index (χ3v) is 4.78. The summed E-state index contributed by atoms with van der Waals surface area (Å²) in [5, 5.41) is 13.3. The first-order chi connectivity index (χ1) is 12.1. The molecule has 1 aromatic carbocycles. The number of halogens is 1. The van der Waals surface area contributed by atoms with E-state index in [2.05, 4.69) is 35.9 Å². The largest absolute Gasteiger partial charge is 0.504 e. The molecule has 2 rings (SSSR count). The van der Waals surface area contributed by atoms with Gasteiger partial charge in [-0.3, -0.25) is 4.90 Å². The van der Waals surface area contributed by atoms with Gasteiger partial charge in [-0.2, -0.15) is 0 Å². The molecule has 0 spiro atoms. The van der Waals surface area contributed by atoms with Crippen molar-refractivity contribution in [3.8, 4) is 11.5 Å². The molecule has 7 heteroatoms. The van der Waals surface area contributed by atoms with Gasteiger partial charge in [0.25, 0.3) is 0 Å². The minimum atomic E-state index is 0. The summed E-state index contributed by atoms with van der Waals surface area (Å²) in [5.41, 5.74) is 0.966. The quantitative estimate of drug-likeness (QED) is 0.360. The first-order valence-electron chi connectivity index (χ1n) is 9.26. The van der Waals surface area contributed by atoms with Gasteiger partial charge in [-0.1, -0.05) is 19.9 Å². The van der Waals surface area contributed by atoms with Crippen LogP contribution in [0, 0.1) is 0 Å². The van der Waals surface area contributed by atoms with E-state index in [1.807, 2.05) is 6.07 Å². The Hall–Kier alpha value is -1.22. The topological polar surface area (TPSA) is 60.3 Å². The molecule has 1 atom stereocenters. The molecule has 0 aliphatic carbocycles. The van der Waals surface area contributed by atoms with Crippen LogP contribution in [0.5, 0.6) is 11.5 Å². The molecule has 1 fully saturated rings. The van der Waals surface area contributed by atoms with Crippen molar-refractivity contribution < 1.29 is 9.84 Å². The minimum Gasteiger partial charge on any atom is -0.504 e. The molecule has 0 radical (unpaired) electrons. The summed E-state index contributed by atoms with van der Waals surface area (Å²) >= 11 is 0. The Kier molecular flexibility index (Phi) is 10.1. The maximum Gasteiger partial charge on any atom is 0.194 e. The highest BCUT2D eigenvalue weighted by atomic mass is 127. The molecule has 0 aromatic heterocycles. The fraction of sp³-hybridized carbons (Fsp3) is 0.632. The number of phenols is 1. The molecule has 1 aliphatic heterocycles. The molecule has 148 valence electrons. The monoisotopic (exact) mass is 476 g/mol. The maximum atomic E-state index is 9.92. The predicted octanol–water partition coefficient (Wildman–Crippen LogP) is 2.90. The van der Waals surface area contributed by atoms with Crippen LogP contribution < -0.4 is 10.1 Å². The third kappa shape index (κ3) is 5.90. The maximum absolute atomic E-state index is 9.92. The van der Waals surface area contributed by atoms with Gasteiger partial charge >= 0.3 is 0 Å². The van der Waals surface area contributed by atoms with E-state index in [4.69, 9.17) is 9.73 Å². The molecule has 0 amide bonds. The molecule has 1 unspecified atom stereocenters. The molecule has 0 saturated carbocycles. The van der Waals surface area contributed by atoms with Crippen molar-refractivity contribution in [2.45, 2.75) is 39.8 Å². The first-order valence-corrected chi connectivity index (χ1v) is 9.26. The average Bonchev–Trinajstić information content (AvgIpc) is 3.09. The number of nitrogens with zero attached hydrogens (tertiary/aromatic N) is 3. The molecule has 26 heavy (non-hydrogen) atoms. The van der Waals surface area contributed by atoms with E-state index >= 15 is 0 Å². The molecule has 2 N–H and O–H groups in total. The summed E-state index contributed by atoms with van der Waals surface area (Å²) in [6.07, 6.45) is 1.18. The van der Waals surface area contributed by atoms with Crippen LogP contribution in [0.2, 0.25) is 0 Å². The second kappa shape index (κ2) is 11.5. The van der Waals surface area contributed by atoms with Gasteiger partial charge in [0.15, 0.2) is 17.5 Å². The number of aliphatic imine (C=N–C) groups is 1. The van der Waals surface area contributed by atoms with Crippen LogP contribution in [-0.2, 0) is 6.54 Å². The lowest BCUT2D eigenvalue weighted by Crippen LogP contribution is -2.43. The lowest BCUT2D eigenvalue weighted by molar-refractivity contribution is 0.223. The third-order valence-electron chi connectivity index (χ3n) is 4.78. The second-order valence-electron chi connectivity index (χ2n) is 6.29. The summed E-state index contributed by atoms with van der Waals surface area (Å²) in [5.74, 6) is 1.59. The summed E-state index contributed by atoms with van der Waals surface area (Å²) in [4.78, 5) is 9.63. The van der Waals surface area contributed by atoms with Crippen molar-refractivity contribution in [2.24, 2.45) is 4.99 Å². The minimum absolute atomic E-state index is 0. The van der Waals surface area contributed by atoms with E-state index in [0.29, 0.717) is 18.3 Å². The van der Waals surface area contributed by atoms with Gasteiger partial charge in [0, 0.05) is 25.7 Å². The highest BCUT2D eigenvalue weighted by Gasteiger charge is 2.27. The summed E-state index contributed by atoms with van der Waals surface area (Å²) in [6.45, 7) is 12.1. The summed E-state index contributed by atoms with van der Waals surface area (Å²) in [6, 6.07) is 6.03. The van der Waals surface area contributed by atoms with Crippen molar-refractivity contribution in [2.75, 3.05) is 39.8 Å². The van der Waals surface area contributed by atoms with E-state index in [9.17, 15) is 5.11 Å². The predicted molar refractivity (Wildman–Crippen MR) is 118 cm³/mol. The Morgan fingerprint density at radius 3 is 2.65 bits per heavy atom. The number of phenolic OH excluding ortho intramolecular Hbond substituents is 1. The highest BCUT2D eigenvalue weighted by molar-refractivity contribution is 14.0. The number of methoxy groups -OCH3 is 1. The van der Waals surface area contributed by atoms with Crippen LogP contribution in [0.3, 0.4) is 0 Å². The fourth-order valence-corrected chi connectivity index (χ4v) is 3.40.